The Hall–Kier alpha value is -1.69. The Morgan fingerprint density at radius 1 is 1.32 bits per heavy atom. The number of halogens is 1. The SMILES string of the molecule is CCN(CC)C(=O)C(C)NC(=O)c1ccc(Cl)nn1. The van der Waals surface area contributed by atoms with Gasteiger partial charge in [0.1, 0.15) is 6.04 Å². The second-order valence-electron chi connectivity index (χ2n) is 3.95. The van der Waals surface area contributed by atoms with Crippen molar-refractivity contribution in [2.45, 2.75) is 26.8 Å². The molecule has 0 aliphatic carbocycles. The minimum atomic E-state index is -0.607. The van der Waals surface area contributed by atoms with E-state index >= 15 is 0 Å². The fourth-order valence-corrected chi connectivity index (χ4v) is 1.68. The van der Waals surface area contributed by atoms with Gasteiger partial charge in [0.05, 0.1) is 0 Å². The molecule has 0 bridgehead atoms. The Morgan fingerprint density at radius 2 is 1.95 bits per heavy atom. The lowest BCUT2D eigenvalue weighted by atomic mass is 10.2. The average molecular weight is 285 g/mol. The lowest BCUT2D eigenvalue weighted by molar-refractivity contribution is -0.132. The third-order valence-electron chi connectivity index (χ3n) is 2.66. The first-order chi connectivity index (χ1) is 8.99. The van der Waals surface area contributed by atoms with E-state index in [0.29, 0.717) is 13.1 Å². The van der Waals surface area contributed by atoms with Gasteiger partial charge in [0.15, 0.2) is 10.8 Å². The van der Waals surface area contributed by atoms with Crippen LogP contribution in [0.25, 0.3) is 0 Å². The highest BCUT2D eigenvalue weighted by Crippen LogP contribution is 2.03. The molecule has 19 heavy (non-hydrogen) atoms. The summed E-state index contributed by atoms with van der Waals surface area (Å²) >= 11 is 5.59. The molecule has 2 amide bonds. The maximum Gasteiger partial charge on any atom is 0.272 e. The van der Waals surface area contributed by atoms with Gasteiger partial charge >= 0.3 is 0 Å². The van der Waals surface area contributed by atoms with Crippen LogP contribution in [0, 0.1) is 0 Å². The second-order valence-corrected chi connectivity index (χ2v) is 4.33. The lowest BCUT2D eigenvalue weighted by Crippen LogP contribution is -2.47. The van der Waals surface area contributed by atoms with Crippen LogP contribution < -0.4 is 5.32 Å². The van der Waals surface area contributed by atoms with E-state index < -0.39 is 11.9 Å². The topological polar surface area (TPSA) is 75.2 Å². The summed E-state index contributed by atoms with van der Waals surface area (Å²) in [6.45, 7) is 6.63. The molecule has 1 unspecified atom stereocenters. The first kappa shape index (κ1) is 15.4. The predicted molar refractivity (Wildman–Crippen MR) is 71.9 cm³/mol. The molecule has 1 heterocycles. The van der Waals surface area contributed by atoms with Crippen molar-refractivity contribution >= 4 is 23.4 Å². The Morgan fingerprint density at radius 3 is 2.42 bits per heavy atom. The lowest BCUT2D eigenvalue weighted by Gasteiger charge is -2.23. The van der Waals surface area contributed by atoms with E-state index in [2.05, 4.69) is 15.5 Å². The van der Waals surface area contributed by atoms with Gasteiger partial charge in [0.25, 0.3) is 5.91 Å². The van der Waals surface area contributed by atoms with Crippen LogP contribution in [0.15, 0.2) is 12.1 Å². The number of hydrogen-bond donors (Lipinski definition) is 1. The largest absolute Gasteiger partial charge is 0.341 e. The molecule has 1 atom stereocenters. The number of aromatic nitrogens is 2. The van der Waals surface area contributed by atoms with Crippen molar-refractivity contribution in [3.63, 3.8) is 0 Å². The zero-order valence-electron chi connectivity index (χ0n) is 11.2. The monoisotopic (exact) mass is 284 g/mol. The maximum absolute atomic E-state index is 12.0. The van der Waals surface area contributed by atoms with E-state index in [9.17, 15) is 9.59 Å². The summed E-state index contributed by atoms with van der Waals surface area (Å²) in [4.78, 5) is 25.5. The van der Waals surface area contributed by atoms with Crippen molar-refractivity contribution in [2.75, 3.05) is 13.1 Å². The second kappa shape index (κ2) is 7.04. The molecule has 0 fully saturated rings. The van der Waals surface area contributed by atoms with Crippen LogP contribution in [0.3, 0.4) is 0 Å². The van der Waals surface area contributed by atoms with Crippen molar-refractivity contribution in [2.24, 2.45) is 0 Å². The van der Waals surface area contributed by atoms with Gasteiger partial charge in [-0.15, -0.1) is 10.2 Å². The molecule has 0 spiro atoms. The molecule has 0 radical (unpaired) electrons. The van der Waals surface area contributed by atoms with Crippen LogP contribution in [0.5, 0.6) is 0 Å². The highest BCUT2D eigenvalue weighted by Gasteiger charge is 2.21. The van der Waals surface area contributed by atoms with E-state index in [1.807, 2.05) is 13.8 Å². The molecule has 1 aromatic rings. The number of amides is 2. The molecule has 7 heteroatoms. The minimum Gasteiger partial charge on any atom is -0.341 e. The fraction of sp³-hybridized carbons (Fsp3) is 0.500. The number of likely N-dealkylation sites (N-methyl/N-ethyl adjacent to an activating group) is 1. The summed E-state index contributed by atoms with van der Waals surface area (Å²) in [6, 6.07) is 2.32. The van der Waals surface area contributed by atoms with Gasteiger partial charge in [-0.2, -0.15) is 0 Å². The summed E-state index contributed by atoms with van der Waals surface area (Å²) in [6.07, 6.45) is 0. The summed E-state index contributed by atoms with van der Waals surface area (Å²) in [5.41, 5.74) is 0.128. The number of nitrogens with one attached hydrogen (secondary N) is 1. The van der Waals surface area contributed by atoms with E-state index in [4.69, 9.17) is 11.6 Å². The number of rotatable bonds is 5. The Balaban J connectivity index is 2.66. The zero-order chi connectivity index (χ0) is 14.4. The van der Waals surface area contributed by atoms with Crippen molar-refractivity contribution < 1.29 is 9.59 Å². The first-order valence-corrected chi connectivity index (χ1v) is 6.46. The minimum absolute atomic E-state index is 0.125. The number of carbonyl (C=O) groups is 2. The Kier molecular flexibility index (Phi) is 5.69. The van der Waals surface area contributed by atoms with Crippen LogP contribution in [0.1, 0.15) is 31.3 Å². The third kappa shape index (κ3) is 4.17. The van der Waals surface area contributed by atoms with Gasteiger partial charge in [-0.05, 0) is 32.9 Å². The first-order valence-electron chi connectivity index (χ1n) is 6.08. The number of nitrogens with zero attached hydrogens (tertiary/aromatic N) is 3. The molecule has 1 rings (SSSR count). The molecule has 1 aromatic heterocycles. The van der Waals surface area contributed by atoms with Gasteiger partial charge in [-0.1, -0.05) is 11.6 Å². The van der Waals surface area contributed by atoms with Gasteiger partial charge < -0.3 is 10.2 Å². The van der Waals surface area contributed by atoms with Crippen LogP contribution in [0.4, 0.5) is 0 Å². The zero-order valence-corrected chi connectivity index (χ0v) is 11.9. The van der Waals surface area contributed by atoms with Gasteiger partial charge in [0, 0.05) is 13.1 Å². The average Bonchev–Trinajstić information content (AvgIpc) is 2.40. The molecule has 104 valence electrons. The molecule has 0 aliphatic heterocycles. The van der Waals surface area contributed by atoms with Crippen LogP contribution in [0.2, 0.25) is 5.15 Å². The molecular formula is C12H17ClN4O2. The summed E-state index contributed by atoms with van der Waals surface area (Å²) in [5.74, 6) is -0.572. The fourth-order valence-electron chi connectivity index (χ4n) is 1.58. The quantitative estimate of drug-likeness (QED) is 0.879. The highest BCUT2D eigenvalue weighted by molar-refractivity contribution is 6.29. The molecule has 0 aliphatic rings. The highest BCUT2D eigenvalue weighted by atomic mass is 35.5. The van der Waals surface area contributed by atoms with E-state index in [0.717, 1.165) is 0 Å². The predicted octanol–water partition coefficient (Wildman–Crippen LogP) is 1.12. The van der Waals surface area contributed by atoms with Gasteiger partial charge in [-0.3, -0.25) is 9.59 Å². The Labute approximate surface area is 117 Å². The molecule has 0 aromatic carbocycles. The summed E-state index contributed by atoms with van der Waals surface area (Å²) in [7, 11) is 0. The molecular weight excluding hydrogens is 268 g/mol. The van der Waals surface area contributed by atoms with Crippen molar-refractivity contribution in [1.82, 2.24) is 20.4 Å². The maximum atomic E-state index is 12.0. The van der Waals surface area contributed by atoms with Crippen LogP contribution in [-0.2, 0) is 4.79 Å². The third-order valence-corrected chi connectivity index (χ3v) is 2.86. The smallest absolute Gasteiger partial charge is 0.272 e. The van der Waals surface area contributed by atoms with Crippen molar-refractivity contribution in [3.8, 4) is 0 Å². The molecule has 1 N–H and O–H groups in total. The Bertz CT molecular complexity index is 446. The van der Waals surface area contributed by atoms with Gasteiger partial charge in [0.2, 0.25) is 5.91 Å². The molecule has 0 saturated heterocycles. The normalized spacial score (nSPS) is 11.8. The van der Waals surface area contributed by atoms with Crippen LogP contribution >= 0.6 is 11.6 Å². The summed E-state index contributed by atoms with van der Waals surface area (Å²) < 4.78 is 0. The van der Waals surface area contributed by atoms with E-state index in [1.54, 1.807) is 11.8 Å². The molecule has 6 nitrogen and oxygen atoms in total. The number of hydrogen-bond acceptors (Lipinski definition) is 4. The van der Waals surface area contributed by atoms with Crippen molar-refractivity contribution in [1.29, 1.82) is 0 Å². The van der Waals surface area contributed by atoms with E-state index in [1.165, 1.54) is 12.1 Å². The van der Waals surface area contributed by atoms with Gasteiger partial charge in [-0.25, -0.2) is 0 Å². The van der Waals surface area contributed by atoms with Crippen LogP contribution in [-0.4, -0.2) is 46.0 Å². The number of carbonyl (C=O) groups excluding carboxylic acids is 2. The van der Waals surface area contributed by atoms with E-state index in [-0.39, 0.29) is 16.8 Å². The standard InChI is InChI=1S/C12H17ClN4O2/c1-4-17(5-2)12(19)8(3)14-11(18)9-6-7-10(13)16-15-9/h6-8H,4-5H2,1-3H3,(H,14,18). The molecule has 0 saturated carbocycles. The summed E-state index contributed by atoms with van der Waals surface area (Å²) in [5, 5.41) is 10.0. The van der Waals surface area contributed by atoms with Crippen molar-refractivity contribution in [3.05, 3.63) is 23.0 Å².